The van der Waals surface area contributed by atoms with Gasteiger partial charge in [-0.1, -0.05) is 6.07 Å². The van der Waals surface area contributed by atoms with Crippen molar-refractivity contribution in [3.63, 3.8) is 0 Å². The van der Waals surface area contributed by atoms with Gasteiger partial charge in [0.1, 0.15) is 0 Å². The molecule has 0 spiro atoms. The SMILES string of the molecule is CCNC(=NCC(c1cccs1)N1CCCC1)NCCN1CCOCC1.I. The zero-order valence-electron chi connectivity index (χ0n) is 16.4. The maximum atomic E-state index is 5.41. The van der Waals surface area contributed by atoms with Gasteiger partial charge in [0.05, 0.1) is 25.8 Å². The number of ether oxygens (including phenoxy) is 1. The molecule has 3 rings (SSSR count). The maximum Gasteiger partial charge on any atom is 0.191 e. The number of hydrogen-bond donors (Lipinski definition) is 2. The summed E-state index contributed by atoms with van der Waals surface area (Å²) in [4.78, 5) is 11.4. The van der Waals surface area contributed by atoms with Gasteiger partial charge in [0.25, 0.3) is 0 Å². The second-order valence-electron chi connectivity index (χ2n) is 6.87. The van der Waals surface area contributed by atoms with Crippen LogP contribution in [0.3, 0.4) is 0 Å². The molecule has 27 heavy (non-hydrogen) atoms. The Kier molecular flexibility index (Phi) is 10.9. The number of halogens is 1. The second-order valence-corrected chi connectivity index (χ2v) is 7.85. The smallest absolute Gasteiger partial charge is 0.191 e. The molecule has 0 amide bonds. The van der Waals surface area contributed by atoms with Crippen LogP contribution in [0.5, 0.6) is 0 Å². The molecule has 0 bridgehead atoms. The van der Waals surface area contributed by atoms with E-state index < -0.39 is 0 Å². The maximum absolute atomic E-state index is 5.41. The molecule has 8 heteroatoms. The molecule has 2 fully saturated rings. The van der Waals surface area contributed by atoms with Crippen molar-refractivity contribution in [1.29, 1.82) is 0 Å². The summed E-state index contributed by atoms with van der Waals surface area (Å²) in [5.41, 5.74) is 0. The third-order valence-electron chi connectivity index (χ3n) is 5.04. The number of thiophene rings is 1. The first kappa shape index (κ1) is 22.9. The van der Waals surface area contributed by atoms with E-state index >= 15 is 0 Å². The summed E-state index contributed by atoms with van der Waals surface area (Å²) in [7, 11) is 0. The van der Waals surface area contributed by atoms with Gasteiger partial charge >= 0.3 is 0 Å². The lowest BCUT2D eigenvalue weighted by Gasteiger charge is -2.27. The highest BCUT2D eigenvalue weighted by molar-refractivity contribution is 14.0. The van der Waals surface area contributed by atoms with Gasteiger partial charge in [0.2, 0.25) is 0 Å². The lowest BCUT2D eigenvalue weighted by atomic mass is 10.2. The fraction of sp³-hybridized carbons (Fsp3) is 0.737. The van der Waals surface area contributed by atoms with Gasteiger partial charge in [0, 0.05) is 37.6 Å². The van der Waals surface area contributed by atoms with Gasteiger partial charge in [-0.05, 0) is 44.3 Å². The van der Waals surface area contributed by atoms with Crippen molar-refractivity contribution in [3.05, 3.63) is 22.4 Å². The second kappa shape index (κ2) is 12.9. The Morgan fingerprint density at radius 2 is 2.00 bits per heavy atom. The summed E-state index contributed by atoms with van der Waals surface area (Å²) in [6.45, 7) is 11.9. The highest BCUT2D eigenvalue weighted by Gasteiger charge is 2.24. The van der Waals surface area contributed by atoms with Crippen LogP contribution in [-0.2, 0) is 4.74 Å². The number of morpholine rings is 1. The quantitative estimate of drug-likeness (QED) is 0.322. The van der Waals surface area contributed by atoms with Gasteiger partial charge in [-0.2, -0.15) is 0 Å². The minimum absolute atomic E-state index is 0. The molecule has 0 radical (unpaired) electrons. The molecule has 6 nitrogen and oxygen atoms in total. The van der Waals surface area contributed by atoms with Crippen molar-refractivity contribution in [2.45, 2.75) is 25.8 Å². The molecule has 2 aliphatic heterocycles. The van der Waals surface area contributed by atoms with Gasteiger partial charge < -0.3 is 15.4 Å². The monoisotopic (exact) mass is 507 g/mol. The Hall–Kier alpha value is -0.420. The Morgan fingerprint density at radius 1 is 1.22 bits per heavy atom. The van der Waals surface area contributed by atoms with E-state index in [1.807, 2.05) is 11.3 Å². The molecule has 2 aliphatic rings. The lowest BCUT2D eigenvalue weighted by molar-refractivity contribution is 0.0389. The highest BCUT2D eigenvalue weighted by Crippen LogP contribution is 2.28. The topological polar surface area (TPSA) is 52.1 Å². The summed E-state index contributed by atoms with van der Waals surface area (Å²) in [6.07, 6.45) is 2.62. The molecular weight excluding hydrogens is 473 g/mol. The van der Waals surface area contributed by atoms with Crippen LogP contribution < -0.4 is 10.6 Å². The van der Waals surface area contributed by atoms with E-state index in [1.54, 1.807) is 0 Å². The van der Waals surface area contributed by atoms with Crippen molar-refractivity contribution in [3.8, 4) is 0 Å². The molecule has 2 N–H and O–H groups in total. The summed E-state index contributed by atoms with van der Waals surface area (Å²) in [6, 6.07) is 4.81. The van der Waals surface area contributed by atoms with E-state index in [0.717, 1.165) is 58.4 Å². The first-order valence-electron chi connectivity index (χ1n) is 9.96. The first-order valence-corrected chi connectivity index (χ1v) is 10.8. The number of guanidine groups is 1. The fourth-order valence-corrected chi connectivity index (χ4v) is 4.45. The van der Waals surface area contributed by atoms with E-state index in [2.05, 4.69) is 44.9 Å². The molecular formula is C19H34IN5OS. The van der Waals surface area contributed by atoms with Gasteiger partial charge in [0.15, 0.2) is 5.96 Å². The molecule has 154 valence electrons. The van der Waals surface area contributed by atoms with Crippen LogP contribution in [0.1, 0.15) is 30.7 Å². The van der Waals surface area contributed by atoms with E-state index in [1.165, 1.54) is 30.8 Å². The third kappa shape index (κ3) is 7.49. The Labute approximate surface area is 184 Å². The first-order chi connectivity index (χ1) is 12.9. The molecule has 1 aromatic heterocycles. The largest absolute Gasteiger partial charge is 0.379 e. The van der Waals surface area contributed by atoms with Crippen LogP contribution >= 0.6 is 35.3 Å². The molecule has 3 heterocycles. The number of rotatable bonds is 8. The molecule has 1 aromatic rings. The third-order valence-corrected chi connectivity index (χ3v) is 6.02. The van der Waals surface area contributed by atoms with Crippen molar-refractivity contribution >= 4 is 41.3 Å². The molecule has 0 aliphatic carbocycles. The van der Waals surface area contributed by atoms with Crippen LogP contribution in [-0.4, -0.2) is 81.3 Å². The predicted molar refractivity (Wildman–Crippen MR) is 125 cm³/mol. The van der Waals surface area contributed by atoms with Crippen LogP contribution in [0.2, 0.25) is 0 Å². The van der Waals surface area contributed by atoms with Crippen LogP contribution in [0, 0.1) is 0 Å². The van der Waals surface area contributed by atoms with E-state index in [-0.39, 0.29) is 24.0 Å². The highest BCUT2D eigenvalue weighted by atomic mass is 127. The minimum Gasteiger partial charge on any atom is -0.379 e. The standard InChI is InChI=1S/C19H33N5OS.HI/c1-2-20-19(21-7-10-23-11-13-25-14-12-23)22-16-17(18-6-5-15-26-18)24-8-3-4-9-24;/h5-6,15,17H,2-4,7-14,16H2,1H3,(H2,20,21,22);1H. The van der Waals surface area contributed by atoms with E-state index in [0.29, 0.717) is 6.04 Å². The van der Waals surface area contributed by atoms with Gasteiger partial charge in [-0.25, -0.2) is 0 Å². The number of nitrogens with one attached hydrogen (secondary N) is 2. The molecule has 0 aromatic carbocycles. The Bertz CT molecular complexity index is 530. The minimum atomic E-state index is 0. The van der Waals surface area contributed by atoms with Crippen LogP contribution in [0.4, 0.5) is 0 Å². The number of hydrogen-bond acceptors (Lipinski definition) is 5. The Morgan fingerprint density at radius 3 is 2.67 bits per heavy atom. The number of nitrogens with zero attached hydrogens (tertiary/aromatic N) is 3. The van der Waals surface area contributed by atoms with Gasteiger partial charge in [-0.3, -0.25) is 14.8 Å². The van der Waals surface area contributed by atoms with Crippen molar-refractivity contribution in [1.82, 2.24) is 20.4 Å². The summed E-state index contributed by atoms with van der Waals surface area (Å²) in [5.74, 6) is 0.932. The lowest BCUT2D eigenvalue weighted by Crippen LogP contribution is -2.44. The zero-order valence-corrected chi connectivity index (χ0v) is 19.5. The predicted octanol–water partition coefficient (Wildman–Crippen LogP) is 2.39. The zero-order chi connectivity index (χ0) is 18.0. The summed E-state index contributed by atoms with van der Waals surface area (Å²) < 4.78 is 5.41. The average Bonchev–Trinajstić information content (AvgIpc) is 3.37. The number of aliphatic imine (C=N–C) groups is 1. The normalized spacial score (nSPS) is 20.3. The Balaban J connectivity index is 0.00000261. The fourth-order valence-electron chi connectivity index (χ4n) is 3.60. The molecule has 0 saturated carbocycles. The molecule has 2 saturated heterocycles. The van der Waals surface area contributed by atoms with E-state index in [9.17, 15) is 0 Å². The van der Waals surface area contributed by atoms with Crippen molar-refractivity contribution in [2.75, 3.05) is 65.6 Å². The van der Waals surface area contributed by atoms with Crippen LogP contribution in [0.15, 0.2) is 22.5 Å². The summed E-state index contributed by atoms with van der Waals surface area (Å²) in [5, 5.41) is 9.07. The average molecular weight is 507 g/mol. The van der Waals surface area contributed by atoms with Crippen molar-refractivity contribution < 1.29 is 4.74 Å². The van der Waals surface area contributed by atoms with E-state index in [4.69, 9.17) is 9.73 Å². The molecule has 1 unspecified atom stereocenters. The van der Waals surface area contributed by atoms with Crippen LogP contribution in [0.25, 0.3) is 0 Å². The molecule has 1 atom stereocenters. The van der Waals surface area contributed by atoms with Crippen molar-refractivity contribution in [2.24, 2.45) is 4.99 Å². The van der Waals surface area contributed by atoms with Gasteiger partial charge in [-0.15, -0.1) is 35.3 Å². The summed E-state index contributed by atoms with van der Waals surface area (Å²) >= 11 is 1.85. The number of likely N-dealkylation sites (tertiary alicyclic amines) is 1.